The first-order valence-electron chi connectivity index (χ1n) is 5.61. The molecule has 1 heterocycles. The molecule has 3 N–H and O–H groups in total. The summed E-state index contributed by atoms with van der Waals surface area (Å²) in [6.07, 6.45) is 0.0964. The number of ether oxygens (including phenoxy) is 1. The van der Waals surface area contributed by atoms with Gasteiger partial charge in [0, 0.05) is 12.8 Å². The Labute approximate surface area is 113 Å². The number of nitrogens with two attached hydrogens (primary N) is 1. The number of carbonyl (C=O) groups is 2. The van der Waals surface area contributed by atoms with Gasteiger partial charge >= 0.3 is 0 Å². The number of aromatic nitrogens is 1. The maximum absolute atomic E-state index is 11.5. The molecule has 1 aromatic heterocycles. The van der Waals surface area contributed by atoms with Gasteiger partial charge in [0.15, 0.2) is 5.13 Å². The molecule has 0 aliphatic carbocycles. The average Bonchev–Trinajstić information content (AvgIpc) is 2.77. The van der Waals surface area contributed by atoms with Crippen molar-refractivity contribution in [3.8, 4) is 5.75 Å². The summed E-state index contributed by atoms with van der Waals surface area (Å²) >= 11 is 1.35. The molecule has 0 spiro atoms. The molecule has 2 rings (SSSR count). The molecule has 2 aromatic rings. The highest BCUT2D eigenvalue weighted by atomic mass is 32.1. The van der Waals surface area contributed by atoms with Crippen LogP contribution in [0.25, 0.3) is 10.2 Å². The van der Waals surface area contributed by atoms with Crippen molar-refractivity contribution in [2.45, 2.75) is 12.8 Å². The van der Waals surface area contributed by atoms with E-state index in [0.717, 1.165) is 16.0 Å². The van der Waals surface area contributed by atoms with E-state index in [0.29, 0.717) is 5.13 Å². The lowest BCUT2D eigenvalue weighted by molar-refractivity contribution is -0.122. The smallest absolute Gasteiger partial charge is 0.226 e. The number of hydrogen-bond acceptors (Lipinski definition) is 5. The Morgan fingerprint density at radius 1 is 1.42 bits per heavy atom. The van der Waals surface area contributed by atoms with Crippen molar-refractivity contribution in [2.24, 2.45) is 5.73 Å². The van der Waals surface area contributed by atoms with Gasteiger partial charge in [-0.15, -0.1) is 0 Å². The summed E-state index contributed by atoms with van der Waals surface area (Å²) in [6, 6.07) is 5.48. The number of anilines is 1. The topological polar surface area (TPSA) is 94.3 Å². The maximum atomic E-state index is 11.5. The zero-order valence-electron chi connectivity index (χ0n) is 10.3. The minimum absolute atomic E-state index is 0.0323. The highest BCUT2D eigenvalue weighted by molar-refractivity contribution is 7.22. The molecule has 0 aliphatic heterocycles. The summed E-state index contributed by atoms with van der Waals surface area (Å²) in [5.41, 5.74) is 5.77. The number of rotatable bonds is 5. The monoisotopic (exact) mass is 279 g/mol. The number of methoxy groups -OCH3 is 1. The second-order valence-electron chi connectivity index (χ2n) is 3.87. The van der Waals surface area contributed by atoms with Gasteiger partial charge in [-0.05, 0) is 18.2 Å². The lowest BCUT2D eigenvalue weighted by atomic mass is 10.3. The SMILES string of the molecule is COc1ccc2nc(NC(=O)CCC(N)=O)sc2c1. The molecular weight excluding hydrogens is 266 g/mol. The number of benzene rings is 1. The Kier molecular flexibility index (Phi) is 3.96. The second-order valence-corrected chi connectivity index (χ2v) is 4.90. The van der Waals surface area contributed by atoms with E-state index in [4.69, 9.17) is 10.5 Å². The third-order valence-electron chi connectivity index (χ3n) is 2.44. The van der Waals surface area contributed by atoms with E-state index in [1.54, 1.807) is 13.2 Å². The molecule has 0 bridgehead atoms. The van der Waals surface area contributed by atoms with Crippen molar-refractivity contribution >= 4 is 38.5 Å². The van der Waals surface area contributed by atoms with E-state index in [1.165, 1.54) is 11.3 Å². The van der Waals surface area contributed by atoms with Crippen LogP contribution in [0, 0.1) is 0 Å². The summed E-state index contributed by atoms with van der Waals surface area (Å²) in [4.78, 5) is 26.4. The second kappa shape index (κ2) is 5.66. The molecule has 0 unspecified atom stereocenters. The molecule has 0 atom stereocenters. The first kappa shape index (κ1) is 13.3. The van der Waals surface area contributed by atoms with Gasteiger partial charge in [0.2, 0.25) is 11.8 Å². The van der Waals surface area contributed by atoms with E-state index in [9.17, 15) is 9.59 Å². The Bertz CT molecular complexity index is 624. The van der Waals surface area contributed by atoms with Gasteiger partial charge in [-0.2, -0.15) is 0 Å². The average molecular weight is 279 g/mol. The maximum Gasteiger partial charge on any atom is 0.226 e. The van der Waals surface area contributed by atoms with Gasteiger partial charge in [0.05, 0.1) is 17.3 Å². The molecule has 0 saturated heterocycles. The predicted molar refractivity (Wildman–Crippen MR) is 73.2 cm³/mol. The Morgan fingerprint density at radius 3 is 2.89 bits per heavy atom. The van der Waals surface area contributed by atoms with Crippen LogP contribution in [0.15, 0.2) is 18.2 Å². The van der Waals surface area contributed by atoms with Crippen LogP contribution in [-0.4, -0.2) is 23.9 Å². The fraction of sp³-hybridized carbons (Fsp3) is 0.250. The Balaban J connectivity index is 2.08. The number of carbonyl (C=O) groups excluding carboxylic acids is 2. The largest absolute Gasteiger partial charge is 0.497 e. The number of thiazole rings is 1. The predicted octanol–water partition coefficient (Wildman–Crippen LogP) is 1.51. The van der Waals surface area contributed by atoms with Gasteiger partial charge in [-0.3, -0.25) is 9.59 Å². The van der Waals surface area contributed by atoms with Crippen molar-refractivity contribution in [3.05, 3.63) is 18.2 Å². The highest BCUT2D eigenvalue weighted by Gasteiger charge is 2.09. The minimum Gasteiger partial charge on any atom is -0.497 e. The molecule has 0 radical (unpaired) electrons. The zero-order valence-corrected chi connectivity index (χ0v) is 11.1. The van der Waals surface area contributed by atoms with Crippen LogP contribution >= 0.6 is 11.3 Å². The van der Waals surface area contributed by atoms with E-state index in [2.05, 4.69) is 10.3 Å². The molecule has 0 aliphatic rings. The van der Waals surface area contributed by atoms with Crippen LogP contribution in [-0.2, 0) is 9.59 Å². The van der Waals surface area contributed by atoms with Crippen LogP contribution < -0.4 is 15.8 Å². The van der Waals surface area contributed by atoms with Crippen LogP contribution in [0.4, 0.5) is 5.13 Å². The van der Waals surface area contributed by atoms with Crippen molar-refractivity contribution in [2.75, 3.05) is 12.4 Å². The molecule has 19 heavy (non-hydrogen) atoms. The first-order valence-corrected chi connectivity index (χ1v) is 6.43. The van der Waals surface area contributed by atoms with Crippen molar-refractivity contribution in [3.63, 3.8) is 0 Å². The number of hydrogen-bond donors (Lipinski definition) is 2. The van der Waals surface area contributed by atoms with Crippen LogP contribution in [0.3, 0.4) is 0 Å². The number of amides is 2. The van der Waals surface area contributed by atoms with Gasteiger partial charge in [-0.25, -0.2) is 4.98 Å². The molecule has 1 aromatic carbocycles. The third kappa shape index (κ3) is 3.41. The van der Waals surface area contributed by atoms with E-state index >= 15 is 0 Å². The Morgan fingerprint density at radius 2 is 2.21 bits per heavy atom. The van der Waals surface area contributed by atoms with Crippen molar-refractivity contribution < 1.29 is 14.3 Å². The minimum atomic E-state index is -0.496. The molecule has 100 valence electrons. The summed E-state index contributed by atoms with van der Waals surface area (Å²) in [6.45, 7) is 0. The number of primary amides is 1. The van der Waals surface area contributed by atoms with Gasteiger partial charge < -0.3 is 15.8 Å². The standard InChI is InChI=1S/C12H13N3O3S/c1-18-7-2-3-8-9(6-7)19-12(14-8)15-11(17)5-4-10(13)16/h2-3,6H,4-5H2,1H3,(H2,13,16)(H,14,15,17). The molecular formula is C12H13N3O3S. The van der Waals surface area contributed by atoms with Gasteiger partial charge in [0.25, 0.3) is 0 Å². The summed E-state index contributed by atoms with van der Waals surface area (Å²) in [5, 5.41) is 3.14. The summed E-state index contributed by atoms with van der Waals surface area (Å²) in [7, 11) is 1.59. The number of fused-ring (bicyclic) bond motifs is 1. The number of nitrogens with one attached hydrogen (secondary N) is 1. The molecule has 6 nitrogen and oxygen atoms in total. The lowest BCUT2D eigenvalue weighted by Crippen LogP contribution is -2.17. The fourth-order valence-corrected chi connectivity index (χ4v) is 2.41. The summed E-state index contributed by atoms with van der Waals surface area (Å²) in [5.74, 6) is -0.0308. The third-order valence-corrected chi connectivity index (χ3v) is 3.37. The lowest BCUT2D eigenvalue weighted by Gasteiger charge is -1.98. The number of nitrogens with zero attached hydrogens (tertiary/aromatic N) is 1. The van der Waals surface area contributed by atoms with Crippen LogP contribution in [0.2, 0.25) is 0 Å². The quantitative estimate of drug-likeness (QED) is 0.867. The first-order chi connectivity index (χ1) is 9.08. The fourth-order valence-electron chi connectivity index (χ4n) is 1.50. The molecule has 0 fully saturated rings. The van der Waals surface area contributed by atoms with Crippen LogP contribution in [0.5, 0.6) is 5.75 Å². The molecule has 7 heteroatoms. The highest BCUT2D eigenvalue weighted by Crippen LogP contribution is 2.29. The van der Waals surface area contributed by atoms with Crippen molar-refractivity contribution in [1.29, 1.82) is 0 Å². The van der Waals surface area contributed by atoms with Crippen LogP contribution in [0.1, 0.15) is 12.8 Å². The van der Waals surface area contributed by atoms with Gasteiger partial charge in [0.1, 0.15) is 5.75 Å². The molecule has 2 amide bonds. The van der Waals surface area contributed by atoms with Crippen molar-refractivity contribution in [1.82, 2.24) is 4.98 Å². The summed E-state index contributed by atoms with van der Waals surface area (Å²) < 4.78 is 6.04. The normalized spacial score (nSPS) is 10.4. The zero-order chi connectivity index (χ0) is 13.8. The van der Waals surface area contributed by atoms with E-state index in [1.807, 2.05) is 12.1 Å². The van der Waals surface area contributed by atoms with Gasteiger partial charge in [-0.1, -0.05) is 11.3 Å². The molecule has 0 saturated carbocycles. The Hall–Kier alpha value is -2.15. The van der Waals surface area contributed by atoms with E-state index in [-0.39, 0.29) is 18.7 Å². The van der Waals surface area contributed by atoms with E-state index < -0.39 is 5.91 Å².